The number of fused-ring (bicyclic) bond motifs is 1. The first kappa shape index (κ1) is 16.1. The van der Waals surface area contributed by atoms with E-state index in [0.29, 0.717) is 19.1 Å². The minimum absolute atomic E-state index is 0.00105. The number of likely N-dealkylation sites (N-methyl/N-ethyl adjacent to an activating group) is 1. The number of carbonyl (C=O) groups is 1. The first-order chi connectivity index (χ1) is 11.2. The minimum atomic E-state index is 0.00105. The molecule has 1 saturated heterocycles. The van der Waals surface area contributed by atoms with Gasteiger partial charge < -0.3 is 19.7 Å². The molecule has 0 unspecified atom stereocenters. The van der Waals surface area contributed by atoms with E-state index in [-0.39, 0.29) is 12.1 Å². The predicted octanol–water partition coefficient (Wildman–Crippen LogP) is 2.55. The number of amides is 2. The van der Waals surface area contributed by atoms with Crippen molar-refractivity contribution >= 4 is 6.03 Å². The number of nitrogens with one attached hydrogen (secondary N) is 1. The summed E-state index contributed by atoms with van der Waals surface area (Å²) in [5.74, 6) is 1.30. The van der Waals surface area contributed by atoms with Crippen LogP contribution >= 0.6 is 0 Å². The van der Waals surface area contributed by atoms with Gasteiger partial charge in [0.1, 0.15) is 5.75 Å². The van der Waals surface area contributed by atoms with Gasteiger partial charge in [0.15, 0.2) is 0 Å². The highest BCUT2D eigenvalue weighted by atomic mass is 16.5. The SMILES string of the molecule is COc1ccc2c(c1)CCC[C@H]2CNC(=O)N(C)[C@H]1CCOC1. The summed E-state index contributed by atoms with van der Waals surface area (Å²) in [5, 5.41) is 3.10. The van der Waals surface area contributed by atoms with Crippen LogP contribution in [0, 0.1) is 0 Å². The van der Waals surface area contributed by atoms with Crippen LogP contribution in [-0.2, 0) is 11.2 Å². The van der Waals surface area contributed by atoms with E-state index in [1.807, 2.05) is 13.1 Å². The molecule has 0 bridgehead atoms. The van der Waals surface area contributed by atoms with Crippen LogP contribution in [0.1, 0.15) is 36.3 Å². The Bertz CT molecular complexity index is 555. The van der Waals surface area contributed by atoms with Gasteiger partial charge in [0, 0.05) is 26.1 Å². The van der Waals surface area contributed by atoms with Gasteiger partial charge in [-0.05, 0) is 48.9 Å². The highest BCUT2D eigenvalue weighted by molar-refractivity contribution is 5.74. The second-order valence-electron chi connectivity index (χ2n) is 6.47. The van der Waals surface area contributed by atoms with Crippen molar-refractivity contribution in [1.29, 1.82) is 0 Å². The largest absolute Gasteiger partial charge is 0.497 e. The monoisotopic (exact) mass is 318 g/mol. The number of benzene rings is 1. The fourth-order valence-electron chi connectivity index (χ4n) is 3.56. The van der Waals surface area contributed by atoms with Crippen LogP contribution in [-0.4, -0.2) is 50.9 Å². The van der Waals surface area contributed by atoms with E-state index in [1.54, 1.807) is 12.0 Å². The second kappa shape index (κ2) is 7.21. The van der Waals surface area contributed by atoms with Gasteiger partial charge in [-0.25, -0.2) is 4.79 Å². The molecule has 5 heteroatoms. The van der Waals surface area contributed by atoms with E-state index in [9.17, 15) is 4.79 Å². The summed E-state index contributed by atoms with van der Waals surface area (Å²) < 4.78 is 10.7. The van der Waals surface area contributed by atoms with E-state index < -0.39 is 0 Å². The van der Waals surface area contributed by atoms with Crippen LogP contribution in [0.2, 0.25) is 0 Å². The van der Waals surface area contributed by atoms with Crippen LogP contribution in [0.15, 0.2) is 18.2 Å². The standard InChI is InChI=1S/C18H26N2O3/c1-20(15-8-9-23-12-15)18(21)19-11-14-5-3-4-13-10-16(22-2)6-7-17(13)14/h6-7,10,14-15H,3-5,8-9,11-12H2,1-2H3,(H,19,21)/t14-,15-/m0/s1. The molecule has 0 radical (unpaired) electrons. The van der Waals surface area contributed by atoms with Gasteiger partial charge in [0.05, 0.1) is 19.8 Å². The van der Waals surface area contributed by atoms with Gasteiger partial charge in [-0.2, -0.15) is 0 Å². The van der Waals surface area contributed by atoms with E-state index in [1.165, 1.54) is 11.1 Å². The third-order valence-corrected chi connectivity index (χ3v) is 5.06. The quantitative estimate of drug-likeness (QED) is 0.928. The molecule has 3 rings (SSSR count). The molecule has 1 N–H and O–H groups in total. The molecule has 0 spiro atoms. The van der Waals surface area contributed by atoms with Crippen molar-refractivity contribution in [3.05, 3.63) is 29.3 Å². The number of ether oxygens (including phenoxy) is 2. The third kappa shape index (κ3) is 3.61. The van der Waals surface area contributed by atoms with E-state index in [4.69, 9.17) is 9.47 Å². The maximum Gasteiger partial charge on any atom is 0.317 e. The van der Waals surface area contributed by atoms with Crippen molar-refractivity contribution < 1.29 is 14.3 Å². The van der Waals surface area contributed by atoms with Gasteiger partial charge in [-0.3, -0.25) is 0 Å². The maximum atomic E-state index is 12.3. The van der Waals surface area contributed by atoms with Crippen LogP contribution < -0.4 is 10.1 Å². The molecule has 126 valence electrons. The number of methoxy groups -OCH3 is 1. The summed E-state index contributed by atoms with van der Waals surface area (Å²) in [5.41, 5.74) is 2.71. The Morgan fingerprint density at radius 1 is 1.43 bits per heavy atom. The number of rotatable bonds is 4. The summed E-state index contributed by atoms with van der Waals surface area (Å²) in [4.78, 5) is 14.1. The lowest BCUT2D eigenvalue weighted by atomic mass is 9.82. The molecule has 1 aliphatic carbocycles. The van der Waals surface area contributed by atoms with Crippen LogP contribution in [0.4, 0.5) is 4.79 Å². The van der Waals surface area contributed by atoms with E-state index >= 15 is 0 Å². The van der Waals surface area contributed by atoms with Gasteiger partial charge >= 0.3 is 6.03 Å². The first-order valence-electron chi connectivity index (χ1n) is 8.44. The van der Waals surface area contributed by atoms with Crippen molar-refractivity contribution in [1.82, 2.24) is 10.2 Å². The zero-order valence-electron chi connectivity index (χ0n) is 14.0. The van der Waals surface area contributed by atoms with Gasteiger partial charge in [0.25, 0.3) is 0 Å². The van der Waals surface area contributed by atoms with Crippen molar-refractivity contribution in [2.75, 3.05) is 33.9 Å². The first-order valence-corrected chi connectivity index (χ1v) is 8.44. The van der Waals surface area contributed by atoms with Crippen molar-refractivity contribution in [3.63, 3.8) is 0 Å². The Hall–Kier alpha value is -1.75. The average molecular weight is 318 g/mol. The van der Waals surface area contributed by atoms with Crippen molar-refractivity contribution in [2.24, 2.45) is 0 Å². The summed E-state index contributed by atoms with van der Waals surface area (Å²) >= 11 is 0. The fourth-order valence-corrected chi connectivity index (χ4v) is 3.56. The van der Waals surface area contributed by atoms with Crippen molar-refractivity contribution in [3.8, 4) is 5.75 Å². The summed E-state index contributed by atoms with van der Waals surface area (Å²) in [6, 6.07) is 6.50. The molecule has 2 aliphatic rings. The van der Waals surface area contributed by atoms with Crippen LogP contribution in [0.25, 0.3) is 0 Å². The lowest BCUT2D eigenvalue weighted by molar-refractivity contribution is 0.157. The molecule has 0 aromatic heterocycles. The molecule has 23 heavy (non-hydrogen) atoms. The Morgan fingerprint density at radius 2 is 2.30 bits per heavy atom. The smallest absolute Gasteiger partial charge is 0.317 e. The Morgan fingerprint density at radius 3 is 3.04 bits per heavy atom. The molecule has 5 nitrogen and oxygen atoms in total. The molecule has 1 heterocycles. The number of hydrogen-bond donors (Lipinski definition) is 1. The average Bonchev–Trinajstić information content (AvgIpc) is 3.12. The van der Waals surface area contributed by atoms with Crippen LogP contribution in [0.3, 0.4) is 0 Å². The van der Waals surface area contributed by atoms with E-state index in [2.05, 4.69) is 17.4 Å². The van der Waals surface area contributed by atoms with E-state index in [0.717, 1.165) is 38.0 Å². The van der Waals surface area contributed by atoms with Gasteiger partial charge in [-0.15, -0.1) is 0 Å². The highest BCUT2D eigenvalue weighted by Gasteiger charge is 2.26. The third-order valence-electron chi connectivity index (χ3n) is 5.06. The minimum Gasteiger partial charge on any atom is -0.497 e. The second-order valence-corrected chi connectivity index (χ2v) is 6.47. The molecule has 2 atom stereocenters. The lowest BCUT2D eigenvalue weighted by Gasteiger charge is -2.28. The summed E-state index contributed by atoms with van der Waals surface area (Å²) in [7, 11) is 3.55. The molecule has 1 aromatic rings. The van der Waals surface area contributed by atoms with Gasteiger partial charge in [0.2, 0.25) is 0 Å². The normalized spacial score (nSPS) is 23.2. The Kier molecular flexibility index (Phi) is 5.06. The maximum absolute atomic E-state index is 12.3. The number of aryl methyl sites for hydroxylation is 1. The summed E-state index contributed by atoms with van der Waals surface area (Å²) in [6.07, 6.45) is 4.30. The highest BCUT2D eigenvalue weighted by Crippen LogP contribution is 2.33. The number of urea groups is 1. The zero-order chi connectivity index (χ0) is 16.2. The van der Waals surface area contributed by atoms with Crippen LogP contribution in [0.5, 0.6) is 5.75 Å². The van der Waals surface area contributed by atoms with Crippen molar-refractivity contribution in [2.45, 2.75) is 37.6 Å². The van der Waals surface area contributed by atoms with Gasteiger partial charge in [-0.1, -0.05) is 6.07 Å². The number of hydrogen-bond acceptors (Lipinski definition) is 3. The molecular weight excluding hydrogens is 292 g/mol. The summed E-state index contributed by atoms with van der Waals surface area (Å²) in [6.45, 7) is 2.09. The fraction of sp³-hybridized carbons (Fsp3) is 0.611. The molecule has 1 aliphatic heterocycles. The topological polar surface area (TPSA) is 50.8 Å². The molecule has 0 saturated carbocycles. The molecule has 1 aromatic carbocycles. The molecule has 1 fully saturated rings. The predicted molar refractivity (Wildman–Crippen MR) is 89.1 cm³/mol. The zero-order valence-corrected chi connectivity index (χ0v) is 14.0. The Labute approximate surface area is 137 Å². The molecular formula is C18H26N2O3. The Balaban J connectivity index is 1.60. The number of nitrogens with zero attached hydrogens (tertiary/aromatic N) is 1. The molecule has 2 amide bonds. The number of carbonyl (C=O) groups excluding carboxylic acids is 1. The lowest BCUT2D eigenvalue weighted by Crippen LogP contribution is -2.45.